The zero-order valence-electron chi connectivity index (χ0n) is 18.5. The van der Waals surface area contributed by atoms with Crippen LogP contribution in [0.25, 0.3) is 11.1 Å². The Morgan fingerprint density at radius 3 is 2.94 bits per heavy atom. The molecule has 3 aliphatic rings. The number of methoxy groups -OCH3 is 1. The number of anilines is 1. The second-order valence-electron chi connectivity index (χ2n) is 8.82. The highest BCUT2D eigenvalue weighted by Crippen LogP contribution is 2.38. The second-order valence-corrected chi connectivity index (χ2v) is 10.0. The molecule has 8 nitrogen and oxygen atoms in total. The van der Waals surface area contributed by atoms with Crippen molar-refractivity contribution < 1.29 is 13.7 Å². The Bertz CT molecular complexity index is 1060. The van der Waals surface area contributed by atoms with Gasteiger partial charge in [0, 0.05) is 37.0 Å². The van der Waals surface area contributed by atoms with Gasteiger partial charge in [-0.1, -0.05) is 12.1 Å². The molecule has 0 radical (unpaired) electrons. The first kappa shape index (κ1) is 21.4. The Balaban J connectivity index is 1.35. The number of hydrogen-bond acceptors (Lipinski definition) is 5. The highest BCUT2D eigenvalue weighted by atomic mass is 32.2. The molecule has 1 aromatic carbocycles. The lowest BCUT2D eigenvalue weighted by Gasteiger charge is -2.20. The van der Waals surface area contributed by atoms with Crippen molar-refractivity contribution in [2.45, 2.75) is 31.7 Å². The fourth-order valence-electron chi connectivity index (χ4n) is 5.29. The molecule has 2 saturated heterocycles. The van der Waals surface area contributed by atoms with Gasteiger partial charge in [0.15, 0.2) is 11.2 Å². The smallest absolute Gasteiger partial charge is 0.332 e. The summed E-state index contributed by atoms with van der Waals surface area (Å²) in [5.74, 6) is 1.04. The van der Waals surface area contributed by atoms with E-state index in [1.807, 2.05) is 22.5 Å². The lowest BCUT2D eigenvalue weighted by Crippen LogP contribution is -2.41. The fourth-order valence-corrected chi connectivity index (χ4v) is 6.24. The molecule has 0 saturated carbocycles. The predicted molar refractivity (Wildman–Crippen MR) is 125 cm³/mol. The van der Waals surface area contributed by atoms with Crippen LogP contribution in [0.15, 0.2) is 30.5 Å². The van der Waals surface area contributed by atoms with Gasteiger partial charge in [0.25, 0.3) is 0 Å². The number of nitrogens with one attached hydrogen (secondary N) is 2. The van der Waals surface area contributed by atoms with Crippen LogP contribution >= 0.6 is 0 Å². The van der Waals surface area contributed by atoms with Gasteiger partial charge in [-0.3, -0.25) is 0 Å². The number of carbonyl (C=O) groups excluding carboxylic acids is 1. The highest BCUT2D eigenvalue weighted by molar-refractivity contribution is 7.81. The average molecular weight is 456 g/mol. The molecule has 2 fully saturated rings. The van der Waals surface area contributed by atoms with Gasteiger partial charge in [-0.2, -0.15) is 0 Å². The number of amides is 2. The van der Waals surface area contributed by atoms with Crippen LogP contribution < -0.4 is 14.8 Å². The number of carbonyl (C=O) groups is 1. The summed E-state index contributed by atoms with van der Waals surface area (Å²) in [7, 11) is 3.70. The maximum absolute atomic E-state index is 12.9. The van der Waals surface area contributed by atoms with E-state index in [-0.39, 0.29) is 0 Å². The summed E-state index contributed by atoms with van der Waals surface area (Å²) in [6.07, 6.45) is 5.79. The number of benzene rings is 1. The van der Waals surface area contributed by atoms with E-state index in [0.717, 1.165) is 67.7 Å². The molecule has 3 unspecified atom stereocenters. The van der Waals surface area contributed by atoms with Crippen molar-refractivity contribution in [2.75, 3.05) is 39.1 Å². The number of aryl methyl sites for hydroxylation is 1. The third kappa shape index (κ3) is 4.00. The summed E-state index contributed by atoms with van der Waals surface area (Å²) >= 11 is -1.56. The maximum Gasteiger partial charge on any atom is 0.332 e. The number of aromatic nitrogens is 1. The number of ether oxygens (including phenoxy) is 1. The lowest BCUT2D eigenvalue weighted by molar-refractivity contribution is 0.256. The number of nitrogens with zero attached hydrogens (tertiary/aromatic N) is 3. The maximum atomic E-state index is 12.9. The molecule has 1 aliphatic carbocycles. The monoisotopic (exact) mass is 455 g/mol. The summed E-state index contributed by atoms with van der Waals surface area (Å²) < 4.78 is 22.7. The number of rotatable bonds is 5. The Morgan fingerprint density at radius 1 is 1.25 bits per heavy atom. The van der Waals surface area contributed by atoms with E-state index in [1.165, 1.54) is 5.56 Å². The Labute approximate surface area is 191 Å². The van der Waals surface area contributed by atoms with Crippen LogP contribution in [-0.2, 0) is 24.0 Å². The van der Waals surface area contributed by atoms with E-state index >= 15 is 0 Å². The van der Waals surface area contributed by atoms with Crippen LogP contribution in [-0.4, -0.2) is 64.3 Å². The van der Waals surface area contributed by atoms with Crippen molar-refractivity contribution in [3.05, 3.63) is 41.6 Å². The van der Waals surface area contributed by atoms with Gasteiger partial charge in [-0.05, 0) is 68.0 Å². The highest BCUT2D eigenvalue weighted by Gasteiger charge is 2.41. The largest absolute Gasteiger partial charge is 0.481 e. The zero-order chi connectivity index (χ0) is 22.2. The number of pyridine rings is 1. The fraction of sp³-hybridized carbons (Fsp3) is 0.478. The number of likely N-dealkylation sites (N-methyl/N-ethyl adjacent to an activating group) is 1. The second kappa shape index (κ2) is 8.80. The van der Waals surface area contributed by atoms with E-state index in [1.54, 1.807) is 13.3 Å². The average Bonchev–Trinajstić information content (AvgIpc) is 3.51. The minimum absolute atomic E-state index is 0.425. The molecule has 3 heterocycles. The molecule has 5 rings (SSSR count). The molecule has 170 valence electrons. The summed E-state index contributed by atoms with van der Waals surface area (Å²) in [6.45, 7) is 2.56. The Morgan fingerprint density at radius 2 is 2.12 bits per heavy atom. The van der Waals surface area contributed by atoms with Gasteiger partial charge >= 0.3 is 6.03 Å². The minimum atomic E-state index is -1.56. The molecule has 2 N–H and O–H groups in total. The van der Waals surface area contributed by atoms with E-state index < -0.39 is 17.2 Å². The topological polar surface area (TPSA) is 86.8 Å². The van der Waals surface area contributed by atoms with Gasteiger partial charge in [-0.25, -0.2) is 23.0 Å². The van der Waals surface area contributed by atoms with Crippen molar-refractivity contribution in [3.8, 4) is 17.0 Å². The zero-order valence-corrected chi connectivity index (χ0v) is 19.3. The van der Waals surface area contributed by atoms with Gasteiger partial charge in [0.05, 0.1) is 12.8 Å². The number of urea groups is 1. The van der Waals surface area contributed by atoms with Crippen molar-refractivity contribution >= 4 is 22.9 Å². The molecule has 0 spiro atoms. The van der Waals surface area contributed by atoms with Gasteiger partial charge in [-0.15, -0.1) is 0 Å². The molecule has 1 aromatic heterocycles. The van der Waals surface area contributed by atoms with Crippen LogP contribution in [0.5, 0.6) is 5.88 Å². The molecule has 0 bridgehead atoms. The van der Waals surface area contributed by atoms with Crippen molar-refractivity contribution in [3.63, 3.8) is 0 Å². The Hall–Kier alpha value is -2.49. The Kier molecular flexibility index (Phi) is 5.88. The van der Waals surface area contributed by atoms with Crippen LogP contribution in [0.3, 0.4) is 0 Å². The van der Waals surface area contributed by atoms with E-state index in [2.05, 4.69) is 33.0 Å². The van der Waals surface area contributed by atoms with Crippen LogP contribution in [0.2, 0.25) is 0 Å². The number of fused-ring (bicyclic) bond motifs is 2. The molecule has 2 aliphatic heterocycles. The van der Waals surface area contributed by atoms with Gasteiger partial charge in [0.1, 0.15) is 0 Å². The van der Waals surface area contributed by atoms with E-state index in [0.29, 0.717) is 17.8 Å². The lowest BCUT2D eigenvalue weighted by atomic mass is 9.98. The van der Waals surface area contributed by atoms with Crippen LogP contribution in [0, 0.1) is 5.92 Å². The van der Waals surface area contributed by atoms with Crippen LogP contribution in [0.4, 0.5) is 10.5 Å². The molecule has 32 heavy (non-hydrogen) atoms. The third-order valence-electron chi connectivity index (χ3n) is 6.98. The van der Waals surface area contributed by atoms with Gasteiger partial charge < -0.3 is 15.0 Å². The molecule has 2 aromatic rings. The summed E-state index contributed by atoms with van der Waals surface area (Å²) in [5.41, 5.74) is 5.00. The minimum Gasteiger partial charge on any atom is -0.481 e. The standard InChI is InChI=1S/C23H29N5O3S/c1-27-11-9-17-13-28(14-20(17)27)32(30)26-23(29)25-22-18-5-3-4-15(18)6-7-19(22)16-8-10-24-21(12-16)31-2/h6-8,10,12,17,20H,3-5,9,11,13-14H2,1-2H3,(H2,25,26,29). The third-order valence-corrected chi connectivity index (χ3v) is 8.11. The van der Waals surface area contributed by atoms with E-state index in [4.69, 9.17) is 4.74 Å². The molecule has 3 atom stereocenters. The predicted octanol–water partition coefficient (Wildman–Crippen LogP) is 2.58. The first-order chi connectivity index (χ1) is 15.5. The van der Waals surface area contributed by atoms with Gasteiger partial charge in [0.2, 0.25) is 5.88 Å². The van der Waals surface area contributed by atoms with Crippen LogP contribution in [0.1, 0.15) is 24.0 Å². The van der Waals surface area contributed by atoms with Crippen molar-refractivity contribution in [1.29, 1.82) is 0 Å². The first-order valence-corrected chi connectivity index (χ1v) is 12.2. The molecule has 9 heteroatoms. The molecular weight excluding hydrogens is 426 g/mol. The van der Waals surface area contributed by atoms with Crippen molar-refractivity contribution in [1.82, 2.24) is 18.9 Å². The van der Waals surface area contributed by atoms with Crippen molar-refractivity contribution in [2.24, 2.45) is 5.92 Å². The first-order valence-electron chi connectivity index (χ1n) is 11.1. The SMILES string of the molecule is COc1cc(-c2ccc3c(c2NC(=O)NS(=O)N2CC4CCN(C)C4C2)CCC3)ccn1. The summed E-state index contributed by atoms with van der Waals surface area (Å²) in [6, 6.07) is 7.90. The van der Waals surface area contributed by atoms with E-state index in [9.17, 15) is 9.00 Å². The number of hydrogen-bond donors (Lipinski definition) is 2. The summed E-state index contributed by atoms with van der Waals surface area (Å²) in [5, 5.41) is 3.02. The summed E-state index contributed by atoms with van der Waals surface area (Å²) in [4.78, 5) is 19.4. The number of likely N-dealkylation sites (tertiary alicyclic amines) is 1. The molecule has 2 amide bonds. The normalized spacial score (nSPS) is 23.6. The molecular formula is C23H29N5O3S. The quantitative estimate of drug-likeness (QED) is 0.724.